The summed E-state index contributed by atoms with van der Waals surface area (Å²) >= 11 is 12.4. The standard InChI is InChI=1S/C32H35Cl2N3O6S/c1-22(32(39)35-24-8-4-2-5-9-24)36(20-23-12-14-27(33)28(34)18-23)31(38)21-37(44(40,41)26-10-6-3-7-11-26)25-13-15-29-30(19-25)43-17-16-42-29/h3,6-7,10-15,18-19,22,24H,2,4-5,8-9,16-17,20-21H2,1H3,(H,35,39)/t22-/m1/s1. The summed E-state index contributed by atoms with van der Waals surface area (Å²) in [6.45, 7) is 1.77. The second kappa shape index (κ2) is 14.1. The van der Waals surface area contributed by atoms with E-state index in [4.69, 9.17) is 32.7 Å². The Hall–Kier alpha value is -3.47. The van der Waals surface area contributed by atoms with Crippen LogP contribution in [0.25, 0.3) is 0 Å². The van der Waals surface area contributed by atoms with Gasteiger partial charge in [-0.3, -0.25) is 13.9 Å². The molecule has 1 fully saturated rings. The molecule has 0 aromatic heterocycles. The Bertz CT molecular complexity index is 1600. The molecule has 2 amide bonds. The molecule has 9 nitrogen and oxygen atoms in total. The number of anilines is 1. The maximum Gasteiger partial charge on any atom is 0.264 e. The van der Waals surface area contributed by atoms with E-state index in [1.54, 1.807) is 61.5 Å². The molecule has 12 heteroatoms. The zero-order chi connectivity index (χ0) is 31.3. The molecule has 3 aromatic rings. The van der Waals surface area contributed by atoms with E-state index >= 15 is 0 Å². The predicted octanol–water partition coefficient (Wildman–Crippen LogP) is 5.83. The molecule has 44 heavy (non-hydrogen) atoms. The highest BCUT2D eigenvalue weighted by molar-refractivity contribution is 7.92. The van der Waals surface area contributed by atoms with Gasteiger partial charge in [0.1, 0.15) is 25.8 Å². The molecule has 1 N–H and O–H groups in total. The van der Waals surface area contributed by atoms with E-state index in [1.165, 1.54) is 17.0 Å². The van der Waals surface area contributed by atoms with Crippen LogP contribution < -0.4 is 19.1 Å². The summed E-state index contributed by atoms with van der Waals surface area (Å²) in [5.74, 6) is -0.0149. The second-order valence-electron chi connectivity index (χ2n) is 10.9. The van der Waals surface area contributed by atoms with Gasteiger partial charge < -0.3 is 19.7 Å². The fourth-order valence-corrected chi connectivity index (χ4v) is 7.17. The average molecular weight is 661 g/mol. The number of hydrogen-bond donors (Lipinski definition) is 1. The predicted molar refractivity (Wildman–Crippen MR) is 170 cm³/mol. The highest BCUT2D eigenvalue weighted by Crippen LogP contribution is 2.36. The number of hydrogen-bond acceptors (Lipinski definition) is 6. The minimum Gasteiger partial charge on any atom is -0.486 e. The van der Waals surface area contributed by atoms with E-state index in [0.717, 1.165) is 36.4 Å². The molecule has 5 rings (SSSR count). The summed E-state index contributed by atoms with van der Waals surface area (Å²) in [6.07, 6.45) is 4.97. The summed E-state index contributed by atoms with van der Waals surface area (Å²) in [4.78, 5) is 29.1. The van der Waals surface area contributed by atoms with Crippen LogP contribution in [-0.2, 0) is 26.2 Å². The van der Waals surface area contributed by atoms with Gasteiger partial charge >= 0.3 is 0 Å². The number of benzene rings is 3. The molecular weight excluding hydrogens is 625 g/mol. The van der Waals surface area contributed by atoms with Crippen molar-refractivity contribution in [1.29, 1.82) is 0 Å². The Balaban J connectivity index is 1.49. The molecule has 1 aliphatic carbocycles. The van der Waals surface area contributed by atoms with Crippen molar-refractivity contribution in [3.63, 3.8) is 0 Å². The highest BCUT2D eigenvalue weighted by atomic mass is 35.5. The number of halogens is 2. The normalized spacial score (nSPS) is 15.7. The smallest absolute Gasteiger partial charge is 0.264 e. The number of ether oxygens (including phenoxy) is 2. The van der Waals surface area contributed by atoms with Crippen LogP contribution in [0.15, 0.2) is 71.6 Å². The zero-order valence-corrected chi connectivity index (χ0v) is 26.7. The largest absolute Gasteiger partial charge is 0.486 e. The SMILES string of the molecule is C[C@H](C(=O)NC1CCCCC1)N(Cc1ccc(Cl)c(Cl)c1)C(=O)CN(c1ccc2c(c1)OCCO2)S(=O)(=O)c1ccccc1. The first kappa shape index (κ1) is 31.9. The van der Waals surface area contributed by atoms with E-state index in [1.807, 2.05) is 0 Å². The van der Waals surface area contributed by atoms with E-state index in [-0.39, 0.29) is 29.1 Å². The van der Waals surface area contributed by atoms with Crippen molar-refractivity contribution in [2.75, 3.05) is 24.1 Å². The van der Waals surface area contributed by atoms with Gasteiger partial charge in [-0.05, 0) is 61.7 Å². The van der Waals surface area contributed by atoms with E-state index < -0.39 is 28.5 Å². The van der Waals surface area contributed by atoms with Gasteiger partial charge in [0.05, 0.1) is 20.6 Å². The third-order valence-corrected chi connectivity index (χ3v) is 10.4. The second-order valence-corrected chi connectivity index (χ2v) is 13.6. The fraction of sp³-hybridized carbons (Fsp3) is 0.375. The molecular formula is C32H35Cl2N3O6S. The number of sulfonamides is 1. The summed E-state index contributed by atoms with van der Waals surface area (Å²) < 4.78 is 40.4. The molecule has 1 saturated carbocycles. The lowest BCUT2D eigenvalue weighted by Crippen LogP contribution is -2.53. The number of nitrogens with one attached hydrogen (secondary N) is 1. The number of carbonyl (C=O) groups excluding carboxylic acids is 2. The van der Waals surface area contributed by atoms with Gasteiger partial charge in [-0.25, -0.2) is 8.42 Å². The number of nitrogens with zero attached hydrogens (tertiary/aromatic N) is 2. The van der Waals surface area contributed by atoms with Crippen molar-refractivity contribution in [3.05, 3.63) is 82.3 Å². The van der Waals surface area contributed by atoms with Crippen LogP contribution in [0.3, 0.4) is 0 Å². The lowest BCUT2D eigenvalue weighted by atomic mass is 9.95. The van der Waals surface area contributed by atoms with Crippen molar-refractivity contribution in [1.82, 2.24) is 10.2 Å². The van der Waals surface area contributed by atoms with Crippen LogP contribution in [-0.4, -0.2) is 57.0 Å². The number of fused-ring (bicyclic) bond motifs is 1. The van der Waals surface area contributed by atoms with Crippen molar-refractivity contribution < 1.29 is 27.5 Å². The molecule has 0 radical (unpaired) electrons. The van der Waals surface area contributed by atoms with Crippen molar-refractivity contribution in [2.24, 2.45) is 0 Å². The number of carbonyl (C=O) groups is 2. The minimum absolute atomic E-state index is 0.00926. The third kappa shape index (κ3) is 7.42. The van der Waals surface area contributed by atoms with Crippen LogP contribution in [0.1, 0.15) is 44.6 Å². The van der Waals surface area contributed by atoms with Crippen LogP contribution >= 0.6 is 23.2 Å². The lowest BCUT2D eigenvalue weighted by Gasteiger charge is -2.33. The maximum absolute atomic E-state index is 14.2. The minimum atomic E-state index is -4.21. The number of rotatable bonds is 10. The van der Waals surface area contributed by atoms with Gasteiger partial charge in [0.25, 0.3) is 10.0 Å². The fourth-order valence-electron chi connectivity index (χ4n) is 5.42. The van der Waals surface area contributed by atoms with E-state index in [0.29, 0.717) is 40.3 Å². The Morgan fingerprint density at radius 2 is 1.61 bits per heavy atom. The van der Waals surface area contributed by atoms with Crippen LogP contribution in [0.2, 0.25) is 10.0 Å². The van der Waals surface area contributed by atoms with Gasteiger partial charge in [0.15, 0.2) is 11.5 Å². The monoisotopic (exact) mass is 659 g/mol. The Labute approximate surface area is 268 Å². The van der Waals surface area contributed by atoms with Crippen LogP contribution in [0.5, 0.6) is 11.5 Å². The third-order valence-electron chi connectivity index (χ3n) is 7.88. The molecule has 3 aromatic carbocycles. The molecule has 234 valence electrons. The van der Waals surface area contributed by atoms with E-state index in [2.05, 4.69) is 5.32 Å². The summed E-state index contributed by atoms with van der Waals surface area (Å²) in [6, 6.07) is 16.7. The molecule has 0 unspecified atom stereocenters. The zero-order valence-electron chi connectivity index (χ0n) is 24.4. The maximum atomic E-state index is 14.2. The lowest BCUT2D eigenvalue weighted by molar-refractivity contribution is -0.139. The van der Waals surface area contributed by atoms with Crippen molar-refractivity contribution in [2.45, 2.75) is 62.6 Å². The van der Waals surface area contributed by atoms with Crippen LogP contribution in [0, 0.1) is 0 Å². The summed E-state index contributed by atoms with van der Waals surface area (Å²) in [5, 5.41) is 3.76. The molecule has 0 spiro atoms. The first-order valence-electron chi connectivity index (χ1n) is 14.6. The molecule has 0 bridgehead atoms. The van der Waals surface area contributed by atoms with Gasteiger partial charge in [-0.2, -0.15) is 0 Å². The van der Waals surface area contributed by atoms with E-state index in [9.17, 15) is 18.0 Å². The average Bonchev–Trinajstić information content (AvgIpc) is 3.04. The Morgan fingerprint density at radius 1 is 0.909 bits per heavy atom. The topological polar surface area (TPSA) is 105 Å². The van der Waals surface area contributed by atoms with Crippen LogP contribution in [0.4, 0.5) is 5.69 Å². The van der Waals surface area contributed by atoms with Gasteiger partial charge in [-0.1, -0.05) is 66.7 Å². The van der Waals surface area contributed by atoms with Gasteiger partial charge in [0.2, 0.25) is 11.8 Å². The summed E-state index contributed by atoms with van der Waals surface area (Å²) in [5.41, 5.74) is 0.863. The first-order valence-corrected chi connectivity index (χ1v) is 16.8. The molecule has 0 saturated heterocycles. The molecule has 1 aliphatic heterocycles. The number of amides is 2. The first-order chi connectivity index (χ1) is 21.1. The Kier molecular flexibility index (Phi) is 10.2. The molecule has 1 heterocycles. The van der Waals surface area contributed by atoms with Crippen molar-refractivity contribution >= 4 is 50.7 Å². The highest BCUT2D eigenvalue weighted by Gasteiger charge is 2.34. The van der Waals surface area contributed by atoms with Crippen molar-refractivity contribution in [3.8, 4) is 11.5 Å². The quantitative estimate of drug-likeness (QED) is 0.294. The van der Waals surface area contributed by atoms with Gasteiger partial charge in [-0.15, -0.1) is 0 Å². The van der Waals surface area contributed by atoms with Gasteiger partial charge in [0, 0.05) is 18.7 Å². The molecule has 2 aliphatic rings. The molecule has 1 atom stereocenters. The summed E-state index contributed by atoms with van der Waals surface area (Å²) in [7, 11) is -4.21. The Morgan fingerprint density at radius 3 is 2.32 bits per heavy atom.